The van der Waals surface area contributed by atoms with Gasteiger partial charge in [-0.15, -0.1) is 0 Å². The summed E-state index contributed by atoms with van der Waals surface area (Å²) in [7, 11) is 3.98. The third kappa shape index (κ3) is 4.57. The van der Waals surface area contributed by atoms with Crippen molar-refractivity contribution in [1.82, 2.24) is 4.90 Å². The van der Waals surface area contributed by atoms with Crippen molar-refractivity contribution < 1.29 is 9.59 Å². The highest BCUT2D eigenvalue weighted by molar-refractivity contribution is 6.10. The molecule has 0 spiro atoms. The van der Waals surface area contributed by atoms with Crippen molar-refractivity contribution in [2.24, 2.45) is 5.41 Å². The van der Waals surface area contributed by atoms with Gasteiger partial charge in [0.1, 0.15) is 0 Å². The molecule has 0 radical (unpaired) electrons. The van der Waals surface area contributed by atoms with Gasteiger partial charge in [0.15, 0.2) is 11.6 Å². The summed E-state index contributed by atoms with van der Waals surface area (Å²) >= 11 is 0. The molecule has 110 valence electrons. The largest absolute Gasteiger partial charge is 0.309 e. The quantitative estimate of drug-likeness (QED) is 0.746. The van der Waals surface area contributed by atoms with Gasteiger partial charge in [0.2, 0.25) is 0 Å². The smallest absolute Gasteiger partial charge is 0.168 e. The molecule has 0 N–H and O–H groups in total. The first kappa shape index (κ1) is 16.6. The van der Waals surface area contributed by atoms with Crippen LogP contribution in [-0.4, -0.2) is 37.1 Å². The first-order valence-corrected chi connectivity index (χ1v) is 7.05. The maximum Gasteiger partial charge on any atom is 0.168 e. The Morgan fingerprint density at radius 1 is 1.05 bits per heavy atom. The van der Waals surface area contributed by atoms with Crippen LogP contribution < -0.4 is 0 Å². The van der Waals surface area contributed by atoms with Crippen LogP contribution in [0.3, 0.4) is 0 Å². The van der Waals surface area contributed by atoms with Gasteiger partial charge in [-0.2, -0.15) is 0 Å². The molecule has 0 aliphatic heterocycles. The summed E-state index contributed by atoms with van der Waals surface area (Å²) in [6.45, 7) is 6.51. The number of hydrogen-bond acceptors (Lipinski definition) is 3. The molecule has 0 unspecified atom stereocenters. The van der Waals surface area contributed by atoms with Gasteiger partial charge in [0.25, 0.3) is 0 Å². The molecule has 0 atom stereocenters. The molecule has 0 aliphatic carbocycles. The van der Waals surface area contributed by atoms with E-state index in [2.05, 4.69) is 4.90 Å². The van der Waals surface area contributed by atoms with E-state index in [4.69, 9.17) is 0 Å². The highest BCUT2D eigenvalue weighted by Crippen LogP contribution is 2.24. The summed E-state index contributed by atoms with van der Waals surface area (Å²) in [5.41, 5.74) is 0.640. The second-order valence-corrected chi connectivity index (χ2v) is 6.45. The Morgan fingerprint density at radius 2 is 1.60 bits per heavy atom. The first-order valence-electron chi connectivity index (χ1n) is 7.05. The average Bonchev–Trinajstić information content (AvgIpc) is 2.36. The molecule has 1 aromatic carbocycles. The van der Waals surface area contributed by atoms with E-state index in [1.165, 1.54) is 0 Å². The summed E-state index contributed by atoms with van der Waals surface area (Å²) in [6, 6.07) is 7.15. The van der Waals surface area contributed by atoms with Gasteiger partial charge in [0.05, 0.1) is 0 Å². The molecular weight excluding hydrogens is 250 g/mol. The van der Waals surface area contributed by atoms with Crippen molar-refractivity contribution >= 4 is 11.6 Å². The Hall–Kier alpha value is -1.48. The molecule has 1 aromatic rings. The summed E-state index contributed by atoms with van der Waals surface area (Å²) in [5.74, 6) is 0.0779. The third-order valence-electron chi connectivity index (χ3n) is 3.16. The van der Waals surface area contributed by atoms with Crippen molar-refractivity contribution in [3.05, 3.63) is 35.4 Å². The normalized spacial score (nSPS) is 11.7. The van der Waals surface area contributed by atoms with Crippen LogP contribution in [0, 0.1) is 5.41 Å². The molecule has 0 amide bonds. The Morgan fingerprint density at radius 3 is 2.10 bits per heavy atom. The highest BCUT2D eigenvalue weighted by Gasteiger charge is 2.26. The number of carbonyl (C=O) groups is 2. The molecule has 0 saturated carbocycles. The Balaban J connectivity index is 2.90. The van der Waals surface area contributed by atoms with Crippen molar-refractivity contribution in [2.75, 3.05) is 20.6 Å². The molecule has 1 rings (SSSR count). The van der Waals surface area contributed by atoms with Gasteiger partial charge < -0.3 is 4.90 Å². The van der Waals surface area contributed by atoms with Gasteiger partial charge in [-0.25, -0.2) is 0 Å². The van der Waals surface area contributed by atoms with E-state index >= 15 is 0 Å². The third-order valence-corrected chi connectivity index (χ3v) is 3.16. The molecule has 0 aromatic heterocycles. The predicted octanol–water partition coefficient (Wildman–Crippen LogP) is 3.44. The van der Waals surface area contributed by atoms with E-state index in [9.17, 15) is 9.59 Å². The van der Waals surface area contributed by atoms with Gasteiger partial charge in [-0.05, 0) is 27.1 Å². The lowest BCUT2D eigenvalue weighted by Gasteiger charge is -2.18. The lowest BCUT2D eigenvalue weighted by atomic mass is 9.83. The minimum atomic E-state index is -0.472. The molecule has 20 heavy (non-hydrogen) atoms. The number of nitrogens with zero attached hydrogens (tertiary/aromatic N) is 1. The van der Waals surface area contributed by atoms with E-state index in [0.717, 1.165) is 13.0 Å². The first-order chi connectivity index (χ1) is 9.23. The Bertz CT molecular complexity index is 484. The van der Waals surface area contributed by atoms with Crippen LogP contribution >= 0.6 is 0 Å². The number of benzene rings is 1. The Labute approximate surface area is 122 Å². The van der Waals surface area contributed by atoms with E-state index in [1.807, 2.05) is 47.0 Å². The van der Waals surface area contributed by atoms with Gasteiger partial charge >= 0.3 is 0 Å². The number of carbonyl (C=O) groups excluding carboxylic acids is 2. The SMILES string of the molecule is CN(C)CCCC(=O)c1ccccc1C(=O)C(C)(C)C. The average molecular weight is 275 g/mol. The molecule has 3 nitrogen and oxygen atoms in total. The summed E-state index contributed by atoms with van der Waals surface area (Å²) in [5, 5.41) is 0. The fourth-order valence-corrected chi connectivity index (χ4v) is 2.02. The van der Waals surface area contributed by atoms with E-state index < -0.39 is 5.41 Å². The fourth-order valence-electron chi connectivity index (χ4n) is 2.02. The van der Waals surface area contributed by atoms with Crippen LogP contribution in [-0.2, 0) is 0 Å². The van der Waals surface area contributed by atoms with E-state index in [-0.39, 0.29) is 11.6 Å². The second kappa shape index (κ2) is 6.80. The van der Waals surface area contributed by atoms with Crippen molar-refractivity contribution in [2.45, 2.75) is 33.6 Å². The molecular formula is C17H25NO2. The molecule has 0 saturated heterocycles. The molecule has 0 fully saturated rings. The lowest BCUT2D eigenvalue weighted by molar-refractivity contribution is 0.0849. The topological polar surface area (TPSA) is 37.4 Å². The van der Waals surface area contributed by atoms with Crippen LogP contribution in [0.15, 0.2) is 24.3 Å². The zero-order valence-corrected chi connectivity index (χ0v) is 13.2. The number of ketones is 2. The minimum Gasteiger partial charge on any atom is -0.309 e. The van der Waals surface area contributed by atoms with Crippen LogP contribution in [0.5, 0.6) is 0 Å². The van der Waals surface area contributed by atoms with Crippen LogP contribution in [0.2, 0.25) is 0 Å². The maximum atomic E-state index is 12.4. The zero-order valence-electron chi connectivity index (χ0n) is 13.2. The van der Waals surface area contributed by atoms with Crippen LogP contribution in [0.4, 0.5) is 0 Å². The molecule has 0 heterocycles. The number of rotatable bonds is 6. The summed E-state index contributed by atoms with van der Waals surface area (Å²) < 4.78 is 0. The summed E-state index contributed by atoms with van der Waals surface area (Å²) in [4.78, 5) is 26.8. The monoisotopic (exact) mass is 275 g/mol. The predicted molar refractivity (Wildman–Crippen MR) is 82.3 cm³/mol. The summed E-state index contributed by atoms with van der Waals surface area (Å²) in [6.07, 6.45) is 1.29. The van der Waals surface area contributed by atoms with Crippen LogP contribution in [0.1, 0.15) is 54.3 Å². The lowest BCUT2D eigenvalue weighted by Crippen LogP contribution is -2.23. The molecule has 3 heteroatoms. The minimum absolute atomic E-state index is 0.0223. The van der Waals surface area contributed by atoms with Gasteiger partial charge in [-0.3, -0.25) is 9.59 Å². The van der Waals surface area contributed by atoms with Gasteiger partial charge in [0, 0.05) is 23.0 Å². The second-order valence-electron chi connectivity index (χ2n) is 6.45. The zero-order chi connectivity index (χ0) is 15.3. The fraction of sp³-hybridized carbons (Fsp3) is 0.529. The standard InChI is InChI=1S/C17H25NO2/c1-17(2,3)16(20)14-10-7-6-9-13(14)15(19)11-8-12-18(4)5/h6-7,9-10H,8,11-12H2,1-5H3. The van der Waals surface area contributed by atoms with E-state index in [0.29, 0.717) is 17.5 Å². The number of Topliss-reactive ketones (excluding diaryl/α,β-unsaturated/α-hetero) is 2. The van der Waals surface area contributed by atoms with Crippen molar-refractivity contribution in [3.8, 4) is 0 Å². The van der Waals surface area contributed by atoms with Crippen LogP contribution in [0.25, 0.3) is 0 Å². The molecule has 0 bridgehead atoms. The van der Waals surface area contributed by atoms with Crippen molar-refractivity contribution in [3.63, 3.8) is 0 Å². The maximum absolute atomic E-state index is 12.4. The van der Waals surface area contributed by atoms with Crippen molar-refractivity contribution in [1.29, 1.82) is 0 Å². The number of hydrogen-bond donors (Lipinski definition) is 0. The Kier molecular flexibility index (Phi) is 5.63. The molecule has 0 aliphatic rings. The van der Waals surface area contributed by atoms with E-state index in [1.54, 1.807) is 12.1 Å². The highest BCUT2D eigenvalue weighted by atomic mass is 16.1. The van der Waals surface area contributed by atoms with Gasteiger partial charge in [-0.1, -0.05) is 45.0 Å².